The number of hydrogen-bond donors (Lipinski definition) is 4. The highest BCUT2D eigenvalue weighted by atomic mass is 16.5. The Morgan fingerprint density at radius 1 is 0.486 bits per heavy atom. The van der Waals surface area contributed by atoms with Gasteiger partial charge in [0.1, 0.15) is 25.9 Å². The van der Waals surface area contributed by atoms with Crippen LogP contribution in [0.15, 0.2) is 61.2 Å². The van der Waals surface area contributed by atoms with Crippen molar-refractivity contribution in [1.82, 2.24) is 70.0 Å². The number of aryl methyl sites for hydroxylation is 2. The summed E-state index contributed by atoms with van der Waals surface area (Å²) in [6.07, 6.45) is 0.383. The summed E-state index contributed by atoms with van der Waals surface area (Å²) in [5, 5.41) is 65.7. The van der Waals surface area contributed by atoms with Gasteiger partial charge in [0.05, 0.1) is 35.5 Å². The number of tetrazole rings is 2. The van der Waals surface area contributed by atoms with E-state index in [2.05, 4.69) is 60.6 Å². The molecule has 0 amide bonds. The van der Waals surface area contributed by atoms with Crippen molar-refractivity contribution in [3.63, 3.8) is 0 Å². The average Bonchev–Trinajstić information content (AvgIpc) is 4.21. The Balaban J connectivity index is 0.000000174. The Kier molecular flexibility index (Phi) is 14.7. The van der Waals surface area contributed by atoms with E-state index in [4.69, 9.17) is 9.47 Å². The third-order valence-corrected chi connectivity index (χ3v) is 13.9. The van der Waals surface area contributed by atoms with Crippen molar-refractivity contribution in [2.45, 2.75) is 65.3 Å². The normalized spacial score (nSPS) is 18.3. The van der Waals surface area contributed by atoms with Crippen LogP contribution in [0.25, 0.3) is 11.6 Å². The van der Waals surface area contributed by atoms with Crippen LogP contribution in [0.1, 0.15) is 101 Å². The first kappa shape index (κ1) is 48.5. The molecule has 4 N–H and O–H groups in total. The molecule has 10 rings (SSSR count). The molecular formula is C48H58N14O8. The lowest BCUT2D eigenvalue weighted by Gasteiger charge is -2.36. The van der Waals surface area contributed by atoms with Gasteiger partial charge in [-0.15, -0.1) is 10.2 Å². The van der Waals surface area contributed by atoms with Crippen molar-refractivity contribution in [2.24, 2.45) is 0 Å². The SMILES string of the molecule is Cc1nc(-n2cnnn2)ccc1[C@@H](O)CN1CCN(C[C@H](O)c2ccc3c(c2C)COC3=O)CC1.Cc1nc(-n2cnnn2)ccc1[C@H](O)CN1CCN(C[C@H](O)c2ccc3c(c2C)COC3=O)CC1. The highest BCUT2D eigenvalue weighted by molar-refractivity contribution is 5.94. The standard InChI is InChI=1S/2C24H29N7O4/c2*1-15-17(3-4-19-20(15)13-35-24(19)34)21(32)11-29-7-9-30(10-8-29)12-22(33)18-5-6-23(26-16(18)2)31-14-25-27-28-31/h2*3-6,14,21-22,32-33H,7-13H2,1-2H3/t21-,22+;21-,22-/m00/s1. The fourth-order valence-electron chi connectivity index (χ4n) is 9.75. The number of fused-ring (bicyclic) bond motifs is 2. The second-order valence-corrected chi connectivity index (χ2v) is 18.2. The third kappa shape index (κ3) is 10.6. The smallest absolute Gasteiger partial charge is 0.338 e. The molecule has 2 fully saturated rings. The molecule has 0 saturated carbocycles. The Morgan fingerprint density at radius 2 is 0.814 bits per heavy atom. The number of aliphatic hydroxyl groups excluding tert-OH is 4. The fourth-order valence-corrected chi connectivity index (χ4v) is 9.75. The monoisotopic (exact) mass is 958 g/mol. The Hall–Kier alpha value is -6.50. The first-order valence-corrected chi connectivity index (χ1v) is 23.4. The number of carbonyl (C=O) groups excluding carboxylic acids is 2. The maximum absolute atomic E-state index is 11.8. The molecule has 6 aromatic rings. The maximum atomic E-state index is 11.8. The average molecular weight is 959 g/mol. The van der Waals surface area contributed by atoms with Crippen LogP contribution in [0.4, 0.5) is 0 Å². The summed E-state index contributed by atoms with van der Waals surface area (Å²) in [7, 11) is 0. The summed E-state index contributed by atoms with van der Waals surface area (Å²) in [6.45, 7) is 16.6. The quantitative estimate of drug-likeness (QED) is 0.113. The summed E-state index contributed by atoms with van der Waals surface area (Å²) in [4.78, 5) is 41.5. The fraction of sp³-hybridized carbons (Fsp3) is 0.458. The molecule has 2 saturated heterocycles. The Labute approximate surface area is 404 Å². The van der Waals surface area contributed by atoms with Crippen LogP contribution in [0.3, 0.4) is 0 Å². The van der Waals surface area contributed by atoms with Gasteiger partial charge >= 0.3 is 11.9 Å². The van der Waals surface area contributed by atoms with E-state index in [0.29, 0.717) is 48.9 Å². The van der Waals surface area contributed by atoms with Crippen LogP contribution in [-0.2, 0) is 22.7 Å². The molecule has 22 heteroatoms. The first-order chi connectivity index (χ1) is 33.8. The second kappa shape index (κ2) is 21.2. The van der Waals surface area contributed by atoms with Crippen LogP contribution >= 0.6 is 0 Å². The van der Waals surface area contributed by atoms with Gasteiger partial charge in [0.15, 0.2) is 11.6 Å². The largest absolute Gasteiger partial charge is 0.457 e. The maximum Gasteiger partial charge on any atom is 0.338 e. The molecule has 4 aliphatic heterocycles. The minimum atomic E-state index is -0.651. The molecule has 0 bridgehead atoms. The molecule has 8 heterocycles. The van der Waals surface area contributed by atoms with Gasteiger partial charge in [-0.25, -0.2) is 19.6 Å². The predicted octanol–water partition coefficient (Wildman–Crippen LogP) is 1.46. The highest BCUT2D eigenvalue weighted by Crippen LogP contribution is 2.32. The molecule has 4 aliphatic rings. The van der Waals surface area contributed by atoms with Crippen molar-refractivity contribution in [3.8, 4) is 11.6 Å². The highest BCUT2D eigenvalue weighted by Gasteiger charge is 2.30. The van der Waals surface area contributed by atoms with Crippen molar-refractivity contribution in [3.05, 3.63) is 128 Å². The summed E-state index contributed by atoms with van der Waals surface area (Å²) in [5.74, 6) is 0.621. The zero-order valence-corrected chi connectivity index (χ0v) is 39.7. The summed E-state index contributed by atoms with van der Waals surface area (Å²) < 4.78 is 13.2. The number of β-amino-alcohol motifs (C(OH)–C–C–N with tert-alkyl or cyclic N) is 4. The molecule has 70 heavy (non-hydrogen) atoms. The van der Waals surface area contributed by atoms with Gasteiger partial charge in [-0.3, -0.25) is 19.6 Å². The Bertz CT molecular complexity index is 2610. The number of ether oxygens (including phenoxy) is 2. The van der Waals surface area contributed by atoms with E-state index in [1.54, 1.807) is 24.3 Å². The van der Waals surface area contributed by atoms with Crippen molar-refractivity contribution >= 4 is 11.9 Å². The lowest BCUT2D eigenvalue weighted by atomic mass is 9.95. The van der Waals surface area contributed by atoms with E-state index in [9.17, 15) is 30.0 Å². The molecule has 0 aliphatic carbocycles. The topological polar surface area (TPSA) is 259 Å². The minimum Gasteiger partial charge on any atom is -0.457 e. The van der Waals surface area contributed by atoms with Gasteiger partial charge in [-0.2, -0.15) is 9.36 Å². The van der Waals surface area contributed by atoms with Gasteiger partial charge in [-0.1, -0.05) is 24.3 Å². The second-order valence-electron chi connectivity index (χ2n) is 18.2. The first-order valence-electron chi connectivity index (χ1n) is 23.4. The molecule has 4 atom stereocenters. The van der Waals surface area contributed by atoms with Gasteiger partial charge in [0.2, 0.25) is 0 Å². The summed E-state index contributed by atoms with van der Waals surface area (Å²) in [6, 6.07) is 14.5. The van der Waals surface area contributed by atoms with Gasteiger partial charge in [0.25, 0.3) is 0 Å². The van der Waals surface area contributed by atoms with E-state index in [1.165, 1.54) is 22.0 Å². The van der Waals surface area contributed by atoms with Crippen LogP contribution in [0, 0.1) is 27.7 Å². The van der Waals surface area contributed by atoms with Crippen molar-refractivity contribution in [1.29, 1.82) is 0 Å². The molecular weight excluding hydrogens is 901 g/mol. The summed E-state index contributed by atoms with van der Waals surface area (Å²) >= 11 is 0. The number of pyridine rings is 2. The van der Waals surface area contributed by atoms with Crippen LogP contribution < -0.4 is 0 Å². The zero-order valence-electron chi connectivity index (χ0n) is 39.7. The van der Waals surface area contributed by atoms with E-state index in [-0.39, 0.29) is 25.2 Å². The third-order valence-electron chi connectivity index (χ3n) is 13.9. The number of benzene rings is 2. The number of nitrogens with zero attached hydrogens (tertiary/aromatic N) is 14. The van der Waals surface area contributed by atoms with Crippen LogP contribution in [0.2, 0.25) is 0 Å². The van der Waals surface area contributed by atoms with Crippen LogP contribution in [-0.4, -0.2) is 181 Å². The number of esters is 2. The number of aromatic nitrogens is 10. The number of rotatable bonds is 14. The van der Waals surface area contributed by atoms with E-state index in [1.807, 2.05) is 52.0 Å². The lowest BCUT2D eigenvalue weighted by Crippen LogP contribution is -2.48. The number of carbonyl (C=O) groups is 2. The van der Waals surface area contributed by atoms with Gasteiger partial charge in [-0.05, 0) is 95.1 Å². The lowest BCUT2D eigenvalue weighted by molar-refractivity contribution is 0.0478. The van der Waals surface area contributed by atoms with E-state index >= 15 is 0 Å². The molecule has 368 valence electrons. The van der Waals surface area contributed by atoms with E-state index < -0.39 is 24.4 Å². The molecule has 0 radical (unpaired) electrons. The number of piperazine rings is 2. The van der Waals surface area contributed by atoms with Crippen LogP contribution in [0.5, 0.6) is 0 Å². The molecule has 2 aromatic carbocycles. The van der Waals surface area contributed by atoms with Gasteiger partial charge in [0, 0.05) is 112 Å². The number of aliphatic hydroxyl groups is 4. The number of hydrogen-bond acceptors (Lipinski definition) is 20. The molecule has 0 unspecified atom stereocenters. The van der Waals surface area contributed by atoms with E-state index in [0.717, 1.165) is 108 Å². The Morgan fingerprint density at radius 3 is 1.13 bits per heavy atom. The minimum absolute atomic E-state index is 0.275. The van der Waals surface area contributed by atoms with Crippen molar-refractivity contribution in [2.75, 3.05) is 78.5 Å². The number of cyclic esters (lactones) is 2. The molecule has 0 spiro atoms. The summed E-state index contributed by atoms with van der Waals surface area (Å²) in [5.41, 5.74) is 9.54. The zero-order chi connectivity index (χ0) is 49.1. The van der Waals surface area contributed by atoms with Gasteiger partial charge < -0.3 is 29.9 Å². The molecule has 22 nitrogen and oxygen atoms in total. The van der Waals surface area contributed by atoms with Crippen molar-refractivity contribution < 1.29 is 39.5 Å². The molecule has 4 aromatic heterocycles. The predicted molar refractivity (Wildman–Crippen MR) is 250 cm³/mol.